The van der Waals surface area contributed by atoms with Crippen LogP contribution in [0.1, 0.15) is 0 Å². The van der Waals surface area contributed by atoms with Crippen molar-refractivity contribution in [3.05, 3.63) is 29.3 Å². The fraction of sp³-hybridized carbons (Fsp3) is 0.462. The second-order valence-corrected chi connectivity index (χ2v) is 5.14. The van der Waals surface area contributed by atoms with Crippen LogP contribution in [-0.2, 0) is 0 Å². The molecule has 0 heterocycles. The molecule has 1 aromatic rings. The number of benzene rings is 1. The van der Waals surface area contributed by atoms with Gasteiger partial charge in [0.2, 0.25) is 0 Å². The van der Waals surface area contributed by atoms with Crippen LogP contribution in [0.15, 0.2) is 29.3 Å². The van der Waals surface area contributed by atoms with E-state index in [0.29, 0.717) is 18.2 Å². The maximum atomic E-state index is 5.80. The minimum Gasteiger partial charge on any atom is -0.492 e. The van der Waals surface area contributed by atoms with E-state index in [4.69, 9.17) is 16.3 Å². The van der Waals surface area contributed by atoms with Crippen LogP contribution in [0.5, 0.6) is 5.75 Å². The van der Waals surface area contributed by atoms with Gasteiger partial charge in [-0.1, -0.05) is 11.6 Å². The fourth-order valence-electron chi connectivity index (χ4n) is 1.36. The Morgan fingerprint density at radius 2 is 1.90 bits per heavy atom. The third kappa shape index (κ3) is 8.76. The molecule has 0 bridgehead atoms. The van der Waals surface area contributed by atoms with Crippen molar-refractivity contribution >= 4 is 53.3 Å². The van der Waals surface area contributed by atoms with Crippen LogP contribution in [0.2, 0.25) is 5.02 Å². The molecule has 0 atom stereocenters. The quantitative estimate of drug-likeness (QED) is 0.303. The summed E-state index contributed by atoms with van der Waals surface area (Å²) in [7, 11) is 1.76. The molecule has 0 aliphatic heterocycles. The average molecular weight is 430 g/mol. The molecular formula is C13H21ClIN3OS. The maximum Gasteiger partial charge on any atom is 0.191 e. The number of hydrogen-bond acceptors (Lipinski definition) is 3. The third-order valence-electron chi connectivity index (χ3n) is 2.30. The lowest BCUT2D eigenvalue weighted by atomic mass is 10.3. The van der Waals surface area contributed by atoms with Crippen LogP contribution in [0, 0.1) is 0 Å². The minimum absolute atomic E-state index is 0. The molecule has 0 saturated heterocycles. The van der Waals surface area contributed by atoms with Gasteiger partial charge in [-0.15, -0.1) is 24.0 Å². The standard InChI is InChI=1S/C13H20ClN3OS.HI/c1-15-13(17-8-10-19-2)16-7-9-18-12-5-3-11(14)4-6-12;/h3-6H,7-10H2,1-2H3,(H2,15,16,17);1H. The molecule has 0 radical (unpaired) electrons. The van der Waals surface area contributed by atoms with Crippen molar-refractivity contribution in [2.24, 2.45) is 4.99 Å². The Kier molecular flexibility index (Phi) is 12.2. The van der Waals surface area contributed by atoms with Gasteiger partial charge in [0.15, 0.2) is 5.96 Å². The van der Waals surface area contributed by atoms with Gasteiger partial charge >= 0.3 is 0 Å². The first-order chi connectivity index (χ1) is 9.26. The van der Waals surface area contributed by atoms with Crippen LogP contribution in [0.4, 0.5) is 0 Å². The molecule has 0 unspecified atom stereocenters. The van der Waals surface area contributed by atoms with Crippen molar-refractivity contribution in [2.45, 2.75) is 0 Å². The molecule has 0 saturated carbocycles. The van der Waals surface area contributed by atoms with E-state index in [1.807, 2.05) is 24.3 Å². The van der Waals surface area contributed by atoms with Gasteiger partial charge in [0, 0.05) is 24.4 Å². The zero-order chi connectivity index (χ0) is 13.9. The van der Waals surface area contributed by atoms with Gasteiger partial charge in [-0.25, -0.2) is 0 Å². The van der Waals surface area contributed by atoms with E-state index in [2.05, 4.69) is 21.9 Å². The molecule has 114 valence electrons. The molecule has 0 fully saturated rings. The van der Waals surface area contributed by atoms with E-state index >= 15 is 0 Å². The van der Waals surface area contributed by atoms with Crippen LogP contribution in [0.3, 0.4) is 0 Å². The lowest BCUT2D eigenvalue weighted by Crippen LogP contribution is -2.40. The van der Waals surface area contributed by atoms with Crippen molar-refractivity contribution in [2.75, 3.05) is 38.8 Å². The van der Waals surface area contributed by atoms with Crippen molar-refractivity contribution in [3.8, 4) is 5.75 Å². The highest BCUT2D eigenvalue weighted by molar-refractivity contribution is 14.0. The number of guanidine groups is 1. The van der Waals surface area contributed by atoms with Crippen LogP contribution >= 0.6 is 47.3 Å². The number of thioether (sulfide) groups is 1. The Morgan fingerprint density at radius 3 is 2.50 bits per heavy atom. The summed E-state index contributed by atoms with van der Waals surface area (Å²) < 4.78 is 5.57. The van der Waals surface area contributed by atoms with Crippen molar-refractivity contribution in [1.82, 2.24) is 10.6 Å². The van der Waals surface area contributed by atoms with Gasteiger partial charge in [0.05, 0.1) is 6.54 Å². The number of ether oxygens (including phenoxy) is 1. The van der Waals surface area contributed by atoms with Crippen LogP contribution < -0.4 is 15.4 Å². The second-order valence-electron chi connectivity index (χ2n) is 3.72. The van der Waals surface area contributed by atoms with Gasteiger partial charge < -0.3 is 15.4 Å². The highest BCUT2D eigenvalue weighted by Gasteiger charge is 1.97. The van der Waals surface area contributed by atoms with Crippen molar-refractivity contribution < 1.29 is 4.74 Å². The number of halogens is 2. The molecule has 4 nitrogen and oxygen atoms in total. The summed E-state index contributed by atoms with van der Waals surface area (Å²) >= 11 is 7.60. The monoisotopic (exact) mass is 429 g/mol. The summed E-state index contributed by atoms with van der Waals surface area (Å²) in [6.45, 7) is 2.17. The summed E-state index contributed by atoms with van der Waals surface area (Å²) in [6, 6.07) is 7.34. The predicted octanol–water partition coefficient (Wildman–Crippen LogP) is 2.86. The normalized spacial score (nSPS) is 10.7. The van der Waals surface area contributed by atoms with E-state index in [0.717, 1.165) is 24.0 Å². The summed E-state index contributed by atoms with van der Waals surface area (Å²) in [5, 5.41) is 7.12. The van der Waals surface area contributed by atoms with E-state index in [1.54, 1.807) is 18.8 Å². The highest BCUT2D eigenvalue weighted by Crippen LogP contribution is 2.14. The number of rotatable bonds is 7. The first-order valence-electron chi connectivity index (χ1n) is 6.08. The Labute approximate surface area is 147 Å². The van der Waals surface area contributed by atoms with Gasteiger partial charge in [-0.2, -0.15) is 11.8 Å². The lowest BCUT2D eigenvalue weighted by Gasteiger charge is -2.12. The molecule has 0 aliphatic carbocycles. The molecule has 0 spiro atoms. The van der Waals surface area contributed by atoms with Crippen molar-refractivity contribution in [1.29, 1.82) is 0 Å². The second kappa shape index (κ2) is 12.4. The van der Waals surface area contributed by atoms with E-state index < -0.39 is 0 Å². The average Bonchev–Trinajstić information content (AvgIpc) is 2.43. The smallest absolute Gasteiger partial charge is 0.191 e. The predicted molar refractivity (Wildman–Crippen MR) is 100 cm³/mol. The fourth-order valence-corrected chi connectivity index (χ4v) is 1.79. The number of nitrogens with one attached hydrogen (secondary N) is 2. The number of aliphatic imine (C=N–C) groups is 1. The molecule has 1 rings (SSSR count). The Morgan fingerprint density at radius 1 is 1.25 bits per heavy atom. The van der Waals surface area contributed by atoms with E-state index in [1.165, 1.54) is 0 Å². The molecule has 7 heteroatoms. The zero-order valence-corrected chi connectivity index (χ0v) is 15.6. The largest absolute Gasteiger partial charge is 0.492 e. The molecule has 2 N–H and O–H groups in total. The molecule has 1 aromatic carbocycles. The SMILES string of the molecule is CN=C(NCCOc1ccc(Cl)cc1)NCCSC.I. The van der Waals surface area contributed by atoms with Crippen LogP contribution in [0.25, 0.3) is 0 Å². The summed E-state index contributed by atoms with van der Waals surface area (Å²) in [5.74, 6) is 2.67. The topological polar surface area (TPSA) is 45.7 Å². The molecule has 0 aliphatic rings. The highest BCUT2D eigenvalue weighted by atomic mass is 127. The first-order valence-corrected chi connectivity index (χ1v) is 7.85. The van der Waals surface area contributed by atoms with Gasteiger partial charge in [0.1, 0.15) is 12.4 Å². The number of hydrogen-bond donors (Lipinski definition) is 2. The Balaban J connectivity index is 0.00000361. The Hall–Kier alpha value is -0.340. The molecule has 0 amide bonds. The molecular weight excluding hydrogens is 409 g/mol. The van der Waals surface area contributed by atoms with E-state index in [9.17, 15) is 0 Å². The van der Waals surface area contributed by atoms with Crippen LogP contribution in [-0.4, -0.2) is 44.7 Å². The van der Waals surface area contributed by atoms with Gasteiger partial charge in [0.25, 0.3) is 0 Å². The minimum atomic E-state index is 0. The van der Waals surface area contributed by atoms with Gasteiger partial charge in [-0.3, -0.25) is 4.99 Å². The Bertz CT molecular complexity index is 390. The molecule has 0 aromatic heterocycles. The summed E-state index contributed by atoms with van der Waals surface area (Å²) in [5.41, 5.74) is 0. The maximum absolute atomic E-state index is 5.80. The number of nitrogens with zero attached hydrogens (tertiary/aromatic N) is 1. The lowest BCUT2D eigenvalue weighted by molar-refractivity contribution is 0.322. The molecule has 20 heavy (non-hydrogen) atoms. The third-order valence-corrected chi connectivity index (χ3v) is 3.16. The zero-order valence-electron chi connectivity index (χ0n) is 11.7. The summed E-state index contributed by atoms with van der Waals surface area (Å²) in [6.07, 6.45) is 2.08. The van der Waals surface area contributed by atoms with Crippen molar-refractivity contribution in [3.63, 3.8) is 0 Å². The van der Waals surface area contributed by atoms with Gasteiger partial charge in [-0.05, 0) is 30.5 Å². The summed E-state index contributed by atoms with van der Waals surface area (Å²) in [4.78, 5) is 4.13. The van der Waals surface area contributed by atoms with E-state index in [-0.39, 0.29) is 24.0 Å². The first kappa shape index (κ1) is 19.7.